The van der Waals surface area contributed by atoms with E-state index in [9.17, 15) is 4.79 Å². The Hall–Kier alpha value is -1.23. The van der Waals surface area contributed by atoms with Crippen molar-refractivity contribution in [3.8, 4) is 0 Å². The third-order valence-electron chi connectivity index (χ3n) is 4.50. The highest BCUT2D eigenvalue weighted by atomic mass is 16.1. The first-order valence-electron chi connectivity index (χ1n) is 7.36. The molecule has 1 aromatic rings. The van der Waals surface area contributed by atoms with E-state index in [2.05, 4.69) is 15.2 Å². The maximum Gasteiger partial charge on any atom is 0.137 e. The summed E-state index contributed by atoms with van der Waals surface area (Å²) in [5.74, 6) is 0.757. The van der Waals surface area contributed by atoms with Gasteiger partial charge in [-0.05, 0) is 32.2 Å². The van der Waals surface area contributed by atoms with Crippen LogP contribution in [-0.2, 0) is 18.4 Å². The second-order valence-electron chi connectivity index (χ2n) is 5.88. The van der Waals surface area contributed by atoms with Crippen LogP contribution >= 0.6 is 0 Å². The summed E-state index contributed by atoms with van der Waals surface area (Å²) in [6.45, 7) is 1.92. The van der Waals surface area contributed by atoms with Gasteiger partial charge in [0, 0.05) is 38.2 Å². The number of hydrogen-bond donors (Lipinski definition) is 0. The zero-order valence-corrected chi connectivity index (χ0v) is 11.6. The van der Waals surface area contributed by atoms with Crippen molar-refractivity contribution in [2.24, 2.45) is 13.0 Å². The van der Waals surface area contributed by atoms with Gasteiger partial charge in [-0.2, -0.15) is 0 Å². The number of likely N-dealkylation sites (tertiary alicyclic amines) is 1. The summed E-state index contributed by atoms with van der Waals surface area (Å²) in [6, 6.07) is 0.436. The first-order valence-corrected chi connectivity index (χ1v) is 7.36. The van der Waals surface area contributed by atoms with Crippen molar-refractivity contribution in [2.75, 3.05) is 6.54 Å². The number of carbonyl (C=O) groups is 1. The molecule has 5 nitrogen and oxygen atoms in total. The molecule has 0 radical (unpaired) electrons. The number of aryl methyl sites for hydroxylation is 1. The molecule has 1 saturated carbocycles. The summed E-state index contributed by atoms with van der Waals surface area (Å²) >= 11 is 0. The average molecular weight is 262 g/mol. The summed E-state index contributed by atoms with van der Waals surface area (Å²) in [7, 11) is 1.89. The highest BCUT2D eigenvalue weighted by molar-refractivity contribution is 5.83. The monoisotopic (exact) mass is 262 g/mol. The molecule has 2 unspecified atom stereocenters. The van der Waals surface area contributed by atoms with E-state index in [-0.39, 0.29) is 5.92 Å². The van der Waals surface area contributed by atoms with Crippen LogP contribution in [-0.4, -0.2) is 38.3 Å². The predicted molar refractivity (Wildman–Crippen MR) is 71.4 cm³/mol. The van der Waals surface area contributed by atoms with Gasteiger partial charge in [-0.15, -0.1) is 5.10 Å². The minimum Gasteiger partial charge on any atom is -0.299 e. The number of nitrogens with zero attached hydrogens (tertiary/aromatic N) is 4. The van der Waals surface area contributed by atoms with E-state index in [1.165, 1.54) is 12.8 Å². The summed E-state index contributed by atoms with van der Waals surface area (Å²) < 4.78 is 1.75. The molecule has 5 heteroatoms. The van der Waals surface area contributed by atoms with Crippen LogP contribution in [0.3, 0.4) is 0 Å². The molecule has 2 aliphatic rings. The molecule has 0 amide bonds. The van der Waals surface area contributed by atoms with Gasteiger partial charge in [-0.1, -0.05) is 11.6 Å². The molecule has 0 aromatic carbocycles. The molecule has 1 aromatic heterocycles. The molecule has 1 aliphatic heterocycles. The van der Waals surface area contributed by atoms with Crippen molar-refractivity contribution in [3.05, 3.63) is 11.9 Å². The van der Waals surface area contributed by atoms with E-state index < -0.39 is 0 Å². The summed E-state index contributed by atoms with van der Waals surface area (Å²) in [4.78, 5) is 14.5. The molecule has 0 spiro atoms. The molecule has 2 atom stereocenters. The van der Waals surface area contributed by atoms with Crippen LogP contribution in [0.2, 0.25) is 0 Å². The Kier molecular flexibility index (Phi) is 3.64. The van der Waals surface area contributed by atoms with Crippen LogP contribution in [0.4, 0.5) is 0 Å². The largest absolute Gasteiger partial charge is 0.299 e. The van der Waals surface area contributed by atoms with E-state index in [1.807, 2.05) is 13.2 Å². The Morgan fingerprint density at radius 1 is 1.32 bits per heavy atom. The predicted octanol–water partition coefficient (Wildman–Crippen LogP) is 1.54. The molecule has 3 rings (SSSR count). The van der Waals surface area contributed by atoms with Gasteiger partial charge >= 0.3 is 0 Å². The van der Waals surface area contributed by atoms with Crippen LogP contribution in [0, 0.1) is 5.92 Å². The van der Waals surface area contributed by atoms with E-state index in [1.54, 1.807) is 4.68 Å². The van der Waals surface area contributed by atoms with Crippen molar-refractivity contribution < 1.29 is 4.79 Å². The maximum atomic E-state index is 12.0. The van der Waals surface area contributed by atoms with Crippen LogP contribution < -0.4 is 0 Å². The molecule has 19 heavy (non-hydrogen) atoms. The Balaban J connectivity index is 1.71. The maximum absolute atomic E-state index is 12.0. The summed E-state index contributed by atoms with van der Waals surface area (Å²) in [5, 5.41) is 8.17. The highest BCUT2D eigenvalue weighted by Gasteiger charge is 2.36. The zero-order chi connectivity index (χ0) is 13.2. The van der Waals surface area contributed by atoms with Gasteiger partial charge in [0.15, 0.2) is 0 Å². The van der Waals surface area contributed by atoms with Crippen molar-refractivity contribution in [1.29, 1.82) is 0 Å². The lowest BCUT2D eigenvalue weighted by Crippen LogP contribution is -2.44. The summed E-state index contributed by atoms with van der Waals surface area (Å²) in [5.41, 5.74) is 1.01. The van der Waals surface area contributed by atoms with E-state index in [4.69, 9.17) is 0 Å². The molecule has 1 aliphatic carbocycles. The minimum absolute atomic E-state index is 0.275. The minimum atomic E-state index is 0.275. The molecular weight excluding hydrogens is 240 g/mol. The molecule has 1 saturated heterocycles. The van der Waals surface area contributed by atoms with Crippen molar-refractivity contribution in [3.63, 3.8) is 0 Å². The normalized spacial score (nSPS) is 29.0. The van der Waals surface area contributed by atoms with E-state index in [0.717, 1.165) is 44.5 Å². The average Bonchev–Trinajstić information content (AvgIpc) is 2.99. The summed E-state index contributed by atoms with van der Waals surface area (Å²) in [6.07, 6.45) is 8.58. The van der Waals surface area contributed by atoms with Crippen LogP contribution in [0.25, 0.3) is 0 Å². The fourth-order valence-electron chi connectivity index (χ4n) is 3.59. The quantitative estimate of drug-likeness (QED) is 0.829. The lowest BCUT2D eigenvalue weighted by molar-refractivity contribution is -0.123. The fourth-order valence-corrected chi connectivity index (χ4v) is 3.59. The number of ketones is 1. The lowest BCUT2D eigenvalue weighted by atomic mass is 9.88. The van der Waals surface area contributed by atoms with Crippen molar-refractivity contribution in [2.45, 2.75) is 51.1 Å². The first-order chi connectivity index (χ1) is 9.24. The van der Waals surface area contributed by atoms with Gasteiger partial charge in [0.1, 0.15) is 5.78 Å². The van der Waals surface area contributed by atoms with Crippen molar-refractivity contribution in [1.82, 2.24) is 19.9 Å². The van der Waals surface area contributed by atoms with Gasteiger partial charge in [0.25, 0.3) is 0 Å². The van der Waals surface area contributed by atoms with Gasteiger partial charge in [0.2, 0.25) is 0 Å². The first kappa shape index (κ1) is 12.8. The second-order valence-corrected chi connectivity index (χ2v) is 5.88. The highest BCUT2D eigenvalue weighted by Crippen LogP contribution is 2.33. The van der Waals surface area contributed by atoms with Gasteiger partial charge in [-0.25, -0.2) is 0 Å². The number of piperidine rings is 1. The Morgan fingerprint density at radius 3 is 2.89 bits per heavy atom. The van der Waals surface area contributed by atoms with Crippen LogP contribution in [0.5, 0.6) is 0 Å². The molecular formula is C14H22N4O. The van der Waals surface area contributed by atoms with E-state index in [0.29, 0.717) is 11.8 Å². The van der Waals surface area contributed by atoms with Gasteiger partial charge in [-0.3, -0.25) is 14.4 Å². The standard InChI is InChI=1S/C14H22N4O/c1-17-9-11(15-16-17)10-18-8-3-2-6-13(18)12-5-4-7-14(12)19/h9,12-13H,2-8,10H2,1H3. The van der Waals surface area contributed by atoms with E-state index >= 15 is 0 Å². The van der Waals surface area contributed by atoms with Gasteiger partial charge < -0.3 is 0 Å². The Bertz CT molecular complexity index is 456. The SMILES string of the molecule is Cn1cc(CN2CCCCC2C2CCCC2=O)nn1. The molecule has 2 heterocycles. The smallest absolute Gasteiger partial charge is 0.137 e. The fraction of sp³-hybridized carbons (Fsp3) is 0.786. The van der Waals surface area contributed by atoms with Crippen LogP contribution in [0.1, 0.15) is 44.2 Å². The lowest BCUT2D eigenvalue weighted by Gasteiger charge is -2.38. The number of rotatable bonds is 3. The Labute approximate surface area is 114 Å². The molecule has 2 fully saturated rings. The Morgan fingerprint density at radius 2 is 2.21 bits per heavy atom. The van der Waals surface area contributed by atoms with Crippen molar-refractivity contribution >= 4 is 5.78 Å². The molecule has 0 bridgehead atoms. The molecule has 104 valence electrons. The third-order valence-corrected chi connectivity index (χ3v) is 4.50. The zero-order valence-electron chi connectivity index (χ0n) is 11.6. The van der Waals surface area contributed by atoms with Crippen LogP contribution in [0.15, 0.2) is 6.20 Å². The van der Waals surface area contributed by atoms with Gasteiger partial charge in [0.05, 0.1) is 5.69 Å². The third kappa shape index (κ3) is 2.71. The number of hydrogen-bond acceptors (Lipinski definition) is 4. The molecule has 0 N–H and O–H groups in total. The second kappa shape index (κ2) is 5.41. The number of Topliss-reactive ketones (excluding diaryl/α,β-unsaturated/α-hetero) is 1. The topological polar surface area (TPSA) is 51.0 Å². The number of carbonyl (C=O) groups excluding carboxylic acids is 1. The number of aromatic nitrogens is 3.